The zero-order chi connectivity index (χ0) is 13.6. The minimum atomic E-state index is -1.35. The summed E-state index contributed by atoms with van der Waals surface area (Å²) in [6.45, 7) is 6.04. The van der Waals surface area contributed by atoms with Gasteiger partial charge in [0, 0.05) is 13.3 Å². The van der Waals surface area contributed by atoms with Crippen molar-refractivity contribution in [2.45, 2.75) is 44.1 Å². The van der Waals surface area contributed by atoms with Crippen LogP contribution in [0.3, 0.4) is 0 Å². The van der Waals surface area contributed by atoms with Gasteiger partial charge in [0.25, 0.3) is 0 Å². The fourth-order valence-electron chi connectivity index (χ4n) is 1.59. The summed E-state index contributed by atoms with van der Waals surface area (Å²) >= 11 is 0. The van der Waals surface area contributed by atoms with Crippen molar-refractivity contribution in [3.8, 4) is 0 Å². The lowest BCUT2D eigenvalue weighted by atomic mass is 10.0. The van der Waals surface area contributed by atoms with E-state index >= 15 is 0 Å². The molecule has 0 unspecified atom stereocenters. The van der Waals surface area contributed by atoms with E-state index in [-0.39, 0.29) is 0 Å². The molecule has 18 heavy (non-hydrogen) atoms. The highest BCUT2D eigenvalue weighted by molar-refractivity contribution is 7.83. The Morgan fingerprint density at radius 1 is 1.39 bits per heavy atom. The minimum Gasteiger partial charge on any atom is -0.373 e. The number of benzene rings is 1. The van der Waals surface area contributed by atoms with E-state index in [1.54, 1.807) is 13.3 Å². The first-order valence-electron chi connectivity index (χ1n) is 6.09. The van der Waals surface area contributed by atoms with Crippen LogP contribution in [-0.4, -0.2) is 23.1 Å². The third-order valence-corrected chi connectivity index (χ3v) is 3.83. The van der Waals surface area contributed by atoms with Crippen molar-refractivity contribution in [3.63, 3.8) is 0 Å². The van der Waals surface area contributed by atoms with Crippen LogP contribution in [0.5, 0.6) is 0 Å². The summed E-state index contributed by atoms with van der Waals surface area (Å²) in [7, 11) is 0.295. The molecule has 0 bridgehead atoms. The smallest absolute Gasteiger partial charge is 0.172 e. The van der Waals surface area contributed by atoms with Crippen molar-refractivity contribution in [2.24, 2.45) is 4.40 Å². The lowest BCUT2D eigenvalue weighted by Gasteiger charge is -2.22. The van der Waals surface area contributed by atoms with Crippen LogP contribution in [0.25, 0.3) is 0 Å². The zero-order valence-electron chi connectivity index (χ0n) is 11.5. The Balaban J connectivity index is 2.77. The lowest BCUT2D eigenvalue weighted by molar-refractivity contribution is 0.0627. The normalized spacial score (nSPS) is 16.7. The monoisotopic (exact) mass is 267 g/mol. The van der Waals surface area contributed by atoms with Gasteiger partial charge in [0.15, 0.2) is 11.0 Å². The van der Waals surface area contributed by atoms with Crippen molar-refractivity contribution in [2.75, 3.05) is 7.11 Å². The number of hydrogen-bond acceptors (Lipinski definition) is 2. The quantitative estimate of drug-likeness (QED) is 0.742. The van der Waals surface area contributed by atoms with Gasteiger partial charge in [0.1, 0.15) is 5.60 Å². The second-order valence-electron chi connectivity index (χ2n) is 4.56. The summed E-state index contributed by atoms with van der Waals surface area (Å²) in [6, 6.07) is 7.55. The molecule has 0 saturated heterocycles. The van der Waals surface area contributed by atoms with Crippen molar-refractivity contribution >= 4 is 17.2 Å². The fourth-order valence-corrected chi connectivity index (χ4v) is 2.40. The van der Waals surface area contributed by atoms with E-state index in [0.717, 1.165) is 18.4 Å². The molecule has 0 aromatic heterocycles. The van der Waals surface area contributed by atoms with E-state index in [2.05, 4.69) is 11.3 Å². The molecule has 0 N–H and O–H groups in total. The molecule has 1 aromatic rings. The summed E-state index contributed by atoms with van der Waals surface area (Å²) < 4.78 is 21.5. The molecule has 0 saturated carbocycles. The third kappa shape index (κ3) is 4.35. The second-order valence-corrected chi connectivity index (χ2v) is 5.74. The van der Waals surface area contributed by atoms with Crippen LogP contribution in [0.2, 0.25) is 0 Å². The van der Waals surface area contributed by atoms with Gasteiger partial charge in [-0.25, -0.2) is 4.21 Å². The molecule has 0 amide bonds. The van der Waals surface area contributed by atoms with Crippen LogP contribution in [0.15, 0.2) is 33.6 Å². The summed E-state index contributed by atoms with van der Waals surface area (Å²) in [6.07, 6.45) is 3.51. The van der Waals surface area contributed by atoms with Crippen LogP contribution in [0.4, 0.5) is 0 Å². The zero-order valence-corrected chi connectivity index (χ0v) is 12.3. The highest BCUT2D eigenvalue weighted by Crippen LogP contribution is 2.15. The molecule has 0 fully saturated rings. The first-order valence-corrected chi connectivity index (χ1v) is 7.20. The number of methoxy groups -OCH3 is 1. The van der Waals surface area contributed by atoms with Gasteiger partial charge in [-0.05, 0) is 32.4 Å². The highest BCUT2D eigenvalue weighted by atomic mass is 32.2. The van der Waals surface area contributed by atoms with Gasteiger partial charge < -0.3 is 4.74 Å². The van der Waals surface area contributed by atoms with Crippen molar-refractivity contribution in [1.82, 2.24) is 0 Å². The van der Waals surface area contributed by atoms with Crippen molar-refractivity contribution < 1.29 is 8.95 Å². The van der Waals surface area contributed by atoms with Crippen molar-refractivity contribution in [3.05, 3.63) is 29.8 Å². The molecular weight excluding hydrogens is 246 g/mol. The van der Waals surface area contributed by atoms with E-state index < -0.39 is 16.6 Å². The largest absolute Gasteiger partial charge is 0.373 e. The molecular formula is C14H21NO2S. The van der Waals surface area contributed by atoms with Crippen LogP contribution in [0, 0.1) is 6.92 Å². The van der Waals surface area contributed by atoms with Gasteiger partial charge in [-0.3, -0.25) is 0 Å². The van der Waals surface area contributed by atoms with E-state index in [9.17, 15) is 4.21 Å². The van der Waals surface area contributed by atoms with Gasteiger partial charge in [-0.2, -0.15) is 4.40 Å². The lowest BCUT2D eigenvalue weighted by Crippen LogP contribution is -2.29. The maximum atomic E-state index is 12.0. The fraction of sp³-hybridized carbons (Fsp3) is 0.500. The first-order chi connectivity index (χ1) is 8.50. The summed E-state index contributed by atoms with van der Waals surface area (Å²) in [4.78, 5) is 0.715. The average Bonchev–Trinajstić information content (AvgIpc) is 2.37. The first kappa shape index (κ1) is 15.1. The molecule has 0 spiro atoms. The van der Waals surface area contributed by atoms with Gasteiger partial charge in [0.2, 0.25) is 0 Å². The Morgan fingerprint density at radius 3 is 2.50 bits per heavy atom. The number of hydrogen-bond donors (Lipinski definition) is 0. The molecule has 0 aliphatic carbocycles. The van der Waals surface area contributed by atoms with Crippen LogP contribution < -0.4 is 0 Å². The van der Waals surface area contributed by atoms with Crippen LogP contribution >= 0.6 is 0 Å². The van der Waals surface area contributed by atoms with E-state index in [1.165, 1.54) is 0 Å². The Morgan fingerprint density at radius 2 is 2.00 bits per heavy atom. The molecule has 0 aliphatic rings. The number of ether oxygens (including phenoxy) is 1. The molecule has 0 aliphatic heterocycles. The van der Waals surface area contributed by atoms with Crippen LogP contribution in [-0.2, 0) is 15.7 Å². The molecule has 2 atom stereocenters. The SMILES string of the molecule is CCC[C@@](C)(/C=N/[S@@](=O)c1ccc(C)cc1)OC. The van der Waals surface area contributed by atoms with E-state index in [0.29, 0.717) is 4.90 Å². The maximum absolute atomic E-state index is 12.0. The predicted molar refractivity (Wildman–Crippen MR) is 76.4 cm³/mol. The molecule has 100 valence electrons. The van der Waals surface area contributed by atoms with Crippen molar-refractivity contribution in [1.29, 1.82) is 0 Å². The van der Waals surface area contributed by atoms with E-state index in [1.807, 2.05) is 38.1 Å². The summed E-state index contributed by atoms with van der Waals surface area (Å²) in [5.74, 6) is 0. The standard InChI is InChI=1S/C14H21NO2S/c1-5-10-14(3,17-4)11-15-18(16)13-8-6-12(2)7-9-13/h6-9,11H,5,10H2,1-4H3/b15-11+/t14-,18-/m0/s1. The average molecular weight is 267 g/mol. The molecule has 0 radical (unpaired) electrons. The Labute approximate surface area is 112 Å². The van der Waals surface area contributed by atoms with Gasteiger partial charge in [-0.1, -0.05) is 31.0 Å². The predicted octanol–water partition coefficient (Wildman–Crippen LogP) is 3.29. The summed E-state index contributed by atoms with van der Waals surface area (Å²) in [5.41, 5.74) is 0.710. The minimum absolute atomic E-state index is 0.435. The number of rotatable bonds is 6. The van der Waals surface area contributed by atoms with Crippen LogP contribution in [0.1, 0.15) is 32.3 Å². The number of nitrogens with zero attached hydrogens (tertiary/aromatic N) is 1. The molecule has 3 nitrogen and oxygen atoms in total. The van der Waals surface area contributed by atoms with E-state index in [4.69, 9.17) is 4.74 Å². The maximum Gasteiger partial charge on any atom is 0.172 e. The topological polar surface area (TPSA) is 38.7 Å². The molecule has 1 aromatic carbocycles. The number of aryl methyl sites for hydroxylation is 1. The van der Waals surface area contributed by atoms with Gasteiger partial charge in [0.05, 0.1) is 4.90 Å². The van der Waals surface area contributed by atoms with Gasteiger partial charge in [-0.15, -0.1) is 0 Å². The Hall–Kier alpha value is -1.00. The Bertz CT molecular complexity index is 428. The molecule has 0 heterocycles. The molecule has 4 heteroatoms. The Kier molecular flexibility index (Phi) is 5.69. The summed E-state index contributed by atoms with van der Waals surface area (Å²) in [5, 5.41) is 0. The van der Waals surface area contributed by atoms with Gasteiger partial charge >= 0.3 is 0 Å². The third-order valence-electron chi connectivity index (χ3n) is 2.86. The molecule has 1 rings (SSSR count). The second kappa shape index (κ2) is 6.81. The highest BCUT2D eigenvalue weighted by Gasteiger charge is 2.20.